The van der Waals surface area contributed by atoms with Gasteiger partial charge in [0.2, 0.25) is 11.8 Å². The number of aromatic nitrogens is 3. The number of nitrogens with zero attached hydrogens (tertiary/aromatic N) is 4. The molecule has 0 aromatic carbocycles. The molecule has 27 heavy (non-hydrogen) atoms. The van der Waals surface area contributed by atoms with E-state index in [0.717, 1.165) is 19.3 Å². The molecular weight excluding hydrogens is 348 g/mol. The van der Waals surface area contributed by atoms with Crippen molar-refractivity contribution in [3.05, 3.63) is 12.7 Å². The molecule has 0 radical (unpaired) electrons. The van der Waals surface area contributed by atoms with Gasteiger partial charge in [0.1, 0.15) is 12.7 Å². The molecule has 1 saturated carbocycles. The maximum atomic E-state index is 12.5. The highest BCUT2D eigenvalue weighted by molar-refractivity contribution is 5.79. The first-order valence-corrected chi connectivity index (χ1v) is 9.65. The molecule has 2 amide bonds. The van der Waals surface area contributed by atoms with Crippen LogP contribution in [-0.2, 0) is 20.9 Å². The van der Waals surface area contributed by atoms with Crippen LogP contribution in [0.4, 0.5) is 0 Å². The van der Waals surface area contributed by atoms with Crippen LogP contribution < -0.4 is 10.6 Å². The molecule has 0 aliphatic heterocycles. The third-order valence-electron chi connectivity index (χ3n) is 4.61. The minimum atomic E-state index is -0.129. The van der Waals surface area contributed by atoms with Crippen molar-refractivity contribution in [1.29, 1.82) is 0 Å². The molecule has 2 rings (SSSR count). The van der Waals surface area contributed by atoms with Gasteiger partial charge < -0.3 is 20.3 Å². The van der Waals surface area contributed by atoms with Crippen LogP contribution >= 0.6 is 0 Å². The van der Waals surface area contributed by atoms with Crippen LogP contribution in [0, 0.1) is 5.92 Å². The maximum absolute atomic E-state index is 12.5. The highest BCUT2D eigenvalue weighted by Crippen LogP contribution is 2.27. The van der Waals surface area contributed by atoms with E-state index in [1.165, 1.54) is 6.33 Å². The van der Waals surface area contributed by atoms with Crippen molar-refractivity contribution < 1.29 is 14.3 Å². The summed E-state index contributed by atoms with van der Waals surface area (Å²) in [4.78, 5) is 30.3. The Morgan fingerprint density at radius 2 is 2.15 bits per heavy atom. The zero-order valence-electron chi connectivity index (χ0n) is 16.6. The van der Waals surface area contributed by atoms with Crippen molar-refractivity contribution in [1.82, 2.24) is 30.3 Å². The minimum Gasteiger partial charge on any atom is -0.376 e. The molecule has 1 fully saturated rings. The Morgan fingerprint density at radius 1 is 1.33 bits per heavy atom. The molecule has 9 nitrogen and oxygen atoms in total. The lowest BCUT2D eigenvalue weighted by atomic mass is 9.83. The Kier molecular flexibility index (Phi) is 8.66. The van der Waals surface area contributed by atoms with Crippen LogP contribution in [0.25, 0.3) is 0 Å². The number of carbonyl (C=O) groups is 2. The monoisotopic (exact) mass is 380 g/mol. The standard InChI is InChI=1S/C18H32N6O3/c1-4-9-27-16-10-14(5-6-15(16)22-17(25)11-23(2)3)18(26)20-7-8-24-13-19-12-21-24/h12-16H,4-11H2,1-3H3,(H,20,26)(H,22,25)/t14-,15-,16-/m0/s1. The Labute approximate surface area is 160 Å². The van der Waals surface area contributed by atoms with E-state index < -0.39 is 0 Å². The number of amides is 2. The van der Waals surface area contributed by atoms with E-state index in [1.807, 2.05) is 19.0 Å². The molecule has 1 aliphatic carbocycles. The molecule has 1 heterocycles. The van der Waals surface area contributed by atoms with Crippen molar-refractivity contribution in [3.8, 4) is 0 Å². The number of carbonyl (C=O) groups excluding carboxylic acids is 2. The van der Waals surface area contributed by atoms with Gasteiger partial charge in [-0.2, -0.15) is 5.10 Å². The van der Waals surface area contributed by atoms with Gasteiger partial charge in [-0.05, 0) is 39.8 Å². The second kappa shape index (κ2) is 11.0. The van der Waals surface area contributed by atoms with E-state index in [9.17, 15) is 9.59 Å². The fraction of sp³-hybridized carbons (Fsp3) is 0.778. The fourth-order valence-corrected chi connectivity index (χ4v) is 3.31. The summed E-state index contributed by atoms with van der Waals surface area (Å²) in [5, 5.41) is 10.1. The Hall–Kier alpha value is -2.00. The fourth-order valence-electron chi connectivity index (χ4n) is 3.31. The molecule has 0 unspecified atom stereocenters. The third kappa shape index (κ3) is 7.26. The first kappa shape index (κ1) is 21.3. The second-order valence-corrected chi connectivity index (χ2v) is 7.28. The van der Waals surface area contributed by atoms with Gasteiger partial charge >= 0.3 is 0 Å². The SMILES string of the molecule is CCCO[C@H]1C[C@@H](C(=O)NCCn2cncn2)CC[C@@H]1NC(=O)CN(C)C. The highest BCUT2D eigenvalue weighted by atomic mass is 16.5. The van der Waals surface area contributed by atoms with Crippen molar-refractivity contribution in [2.45, 2.75) is 51.3 Å². The Bertz CT molecular complexity index is 578. The molecule has 0 saturated heterocycles. The topological polar surface area (TPSA) is 101 Å². The lowest BCUT2D eigenvalue weighted by Gasteiger charge is -2.36. The largest absolute Gasteiger partial charge is 0.376 e. The van der Waals surface area contributed by atoms with Gasteiger partial charge in [0, 0.05) is 19.1 Å². The Morgan fingerprint density at radius 3 is 2.81 bits per heavy atom. The van der Waals surface area contributed by atoms with E-state index >= 15 is 0 Å². The summed E-state index contributed by atoms with van der Waals surface area (Å²) in [7, 11) is 3.73. The van der Waals surface area contributed by atoms with Crippen LogP contribution in [-0.4, -0.2) is 77.4 Å². The number of hydrogen-bond donors (Lipinski definition) is 2. The van der Waals surface area contributed by atoms with E-state index in [-0.39, 0.29) is 29.9 Å². The summed E-state index contributed by atoms with van der Waals surface area (Å²) < 4.78 is 7.65. The lowest BCUT2D eigenvalue weighted by molar-refractivity contribution is -0.129. The van der Waals surface area contributed by atoms with E-state index in [4.69, 9.17) is 4.74 Å². The summed E-state index contributed by atoms with van der Waals surface area (Å²) in [5.41, 5.74) is 0. The normalized spacial score (nSPS) is 22.6. The molecule has 0 spiro atoms. The second-order valence-electron chi connectivity index (χ2n) is 7.28. The first-order valence-electron chi connectivity index (χ1n) is 9.65. The summed E-state index contributed by atoms with van der Waals surface area (Å²) in [6, 6.07) is -0.0387. The van der Waals surface area contributed by atoms with Crippen LogP contribution in [0.3, 0.4) is 0 Å². The predicted octanol–water partition coefficient (Wildman–Crippen LogP) is 0.0360. The number of rotatable bonds is 10. The summed E-state index contributed by atoms with van der Waals surface area (Å²) >= 11 is 0. The average Bonchev–Trinajstić information content (AvgIpc) is 3.13. The van der Waals surface area contributed by atoms with E-state index in [0.29, 0.717) is 32.7 Å². The van der Waals surface area contributed by atoms with Crippen LogP contribution in [0.15, 0.2) is 12.7 Å². The molecule has 1 aliphatic rings. The highest BCUT2D eigenvalue weighted by Gasteiger charge is 2.35. The molecule has 0 bridgehead atoms. The lowest BCUT2D eigenvalue weighted by Crippen LogP contribution is -2.51. The molecule has 152 valence electrons. The minimum absolute atomic E-state index is 0.00849. The number of hydrogen-bond acceptors (Lipinski definition) is 6. The average molecular weight is 380 g/mol. The van der Waals surface area contributed by atoms with Crippen molar-refractivity contribution in [3.63, 3.8) is 0 Å². The van der Waals surface area contributed by atoms with Crippen molar-refractivity contribution >= 4 is 11.8 Å². The van der Waals surface area contributed by atoms with Gasteiger partial charge in [0.15, 0.2) is 0 Å². The molecule has 1 aromatic heterocycles. The van der Waals surface area contributed by atoms with Crippen molar-refractivity contribution in [2.75, 3.05) is 33.8 Å². The first-order chi connectivity index (χ1) is 13.0. The third-order valence-corrected chi connectivity index (χ3v) is 4.61. The molecular formula is C18H32N6O3. The van der Waals surface area contributed by atoms with E-state index in [1.54, 1.807) is 11.0 Å². The van der Waals surface area contributed by atoms with E-state index in [2.05, 4.69) is 27.6 Å². The van der Waals surface area contributed by atoms with Crippen LogP contribution in [0.5, 0.6) is 0 Å². The predicted molar refractivity (Wildman–Crippen MR) is 101 cm³/mol. The maximum Gasteiger partial charge on any atom is 0.234 e. The summed E-state index contributed by atoms with van der Waals surface area (Å²) in [6.07, 6.45) is 6.00. The van der Waals surface area contributed by atoms with Gasteiger partial charge in [-0.25, -0.2) is 4.98 Å². The summed E-state index contributed by atoms with van der Waals surface area (Å²) in [6.45, 7) is 4.14. The Balaban J connectivity index is 1.83. The molecule has 2 N–H and O–H groups in total. The van der Waals surface area contributed by atoms with Crippen molar-refractivity contribution in [2.24, 2.45) is 5.92 Å². The molecule has 1 aromatic rings. The molecule has 3 atom stereocenters. The quantitative estimate of drug-likeness (QED) is 0.594. The van der Waals surface area contributed by atoms with Gasteiger partial charge in [-0.3, -0.25) is 14.3 Å². The zero-order valence-corrected chi connectivity index (χ0v) is 16.6. The molecule has 9 heteroatoms. The number of nitrogens with one attached hydrogen (secondary N) is 2. The van der Waals surface area contributed by atoms with Gasteiger partial charge in [-0.15, -0.1) is 0 Å². The van der Waals surface area contributed by atoms with Gasteiger partial charge in [0.25, 0.3) is 0 Å². The van der Waals surface area contributed by atoms with Crippen LogP contribution in [0.1, 0.15) is 32.6 Å². The zero-order chi connectivity index (χ0) is 19.6. The van der Waals surface area contributed by atoms with Crippen LogP contribution in [0.2, 0.25) is 0 Å². The summed E-state index contributed by atoms with van der Waals surface area (Å²) in [5.74, 6) is -0.0614. The van der Waals surface area contributed by atoms with Gasteiger partial charge in [-0.1, -0.05) is 6.92 Å². The number of likely N-dealkylation sites (N-methyl/N-ethyl adjacent to an activating group) is 1. The smallest absolute Gasteiger partial charge is 0.234 e. The number of ether oxygens (including phenoxy) is 1. The van der Waals surface area contributed by atoms with Gasteiger partial charge in [0.05, 0.1) is 25.2 Å².